The molecule has 0 aliphatic heterocycles. The number of allylic oxidation sites excluding steroid dienone is 1. The molecule has 0 fully saturated rings. The highest BCUT2D eigenvalue weighted by atomic mass is 16.6. The molecule has 2 aromatic carbocycles. The van der Waals surface area contributed by atoms with E-state index in [1.165, 1.54) is 25.5 Å². The van der Waals surface area contributed by atoms with Gasteiger partial charge in [-0.3, -0.25) is 14.9 Å². The Balaban J connectivity index is 1.88. The topological polar surface area (TPSA) is 103 Å². The van der Waals surface area contributed by atoms with Crippen LogP contribution >= 0.6 is 0 Å². The van der Waals surface area contributed by atoms with Crippen molar-refractivity contribution >= 4 is 23.9 Å². The van der Waals surface area contributed by atoms with Gasteiger partial charge in [0.2, 0.25) is 5.91 Å². The van der Waals surface area contributed by atoms with Crippen molar-refractivity contribution in [3.63, 3.8) is 0 Å². The van der Waals surface area contributed by atoms with E-state index in [0.29, 0.717) is 17.1 Å². The second-order valence-corrected chi connectivity index (χ2v) is 5.39. The van der Waals surface area contributed by atoms with Crippen LogP contribution < -0.4 is 14.9 Å². The van der Waals surface area contributed by atoms with Gasteiger partial charge in [0.15, 0.2) is 11.5 Å². The van der Waals surface area contributed by atoms with Crippen molar-refractivity contribution in [3.8, 4) is 11.5 Å². The van der Waals surface area contributed by atoms with Crippen LogP contribution in [0.25, 0.3) is 6.08 Å². The van der Waals surface area contributed by atoms with Crippen LogP contribution in [0.4, 0.5) is 5.69 Å². The number of hydrogen-bond acceptors (Lipinski definition) is 6. The fourth-order valence-electron chi connectivity index (χ4n) is 2.26. The van der Waals surface area contributed by atoms with Crippen molar-refractivity contribution in [2.75, 3.05) is 14.2 Å². The minimum atomic E-state index is -0.459. The van der Waals surface area contributed by atoms with Crippen molar-refractivity contribution in [2.24, 2.45) is 5.10 Å². The number of nitrogens with zero attached hydrogens (tertiary/aromatic N) is 2. The Morgan fingerprint density at radius 2 is 1.96 bits per heavy atom. The molecule has 2 aromatic rings. The van der Waals surface area contributed by atoms with E-state index in [-0.39, 0.29) is 18.0 Å². The number of carbonyl (C=O) groups is 1. The van der Waals surface area contributed by atoms with Crippen LogP contribution in [0.15, 0.2) is 53.6 Å². The quantitative estimate of drug-likeness (QED) is 0.438. The first kappa shape index (κ1) is 19.6. The number of benzene rings is 2. The standard InChI is InChI=1S/C19H19N3O5/c1-26-17-9-8-15(12-18(17)27-2)13-19(23)21-20-10-4-6-14-5-3-7-16(11-14)22(24)25/h3-12H,13H2,1-2H3,(H,21,23)/b6-4+,20-10-. The molecule has 0 saturated heterocycles. The first-order chi connectivity index (χ1) is 13.0. The molecule has 0 aromatic heterocycles. The molecule has 2 rings (SSSR count). The maximum absolute atomic E-state index is 11.9. The highest BCUT2D eigenvalue weighted by molar-refractivity contribution is 5.82. The largest absolute Gasteiger partial charge is 0.493 e. The Morgan fingerprint density at radius 1 is 1.19 bits per heavy atom. The minimum absolute atomic E-state index is 0.0114. The summed E-state index contributed by atoms with van der Waals surface area (Å²) in [7, 11) is 3.07. The molecule has 0 saturated carbocycles. The van der Waals surface area contributed by atoms with Gasteiger partial charge in [-0.15, -0.1) is 0 Å². The number of hydrazone groups is 1. The highest BCUT2D eigenvalue weighted by Gasteiger charge is 2.07. The van der Waals surface area contributed by atoms with Gasteiger partial charge in [-0.1, -0.05) is 24.3 Å². The predicted octanol–water partition coefficient (Wildman–Crippen LogP) is 2.97. The summed E-state index contributed by atoms with van der Waals surface area (Å²) in [6.45, 7) is 0. The fraction of sp³-hybridized carbons (Fsp3) is 0.158. The van der Waals surface area contributed by atoms with Crippen LogP contribution in [0.5, 0.6) is 11.5 Å². The molecule has 27 heavy (non-hydrogen) atoms. The molecule has 0 bridgehead atoms. The van der Waals surface area contributed by atoms with Crippen LogP contribution in [0, 0.1) is 10.1 Å². The second-order valence-electron chi connectivity index (χ2n) is 5.39. The van der Waals surface area contributed by atoms with Crippen molar-refractivity contribution < 1.29 is 19.2 Å². The van der Waals surface area contributed by atoms with E-state index in [1.807, 2.05) is 0 Å². The lowest BCUT2D eigenvalue weighted by Crippen LogP contribution is -2.19. The number of nitro benzene ring substituents is 1. The number of carbonyl (C=O) groups excluding carboxylic acids is 1. The molecule has 0 atom stereocenters. The molecule has 8 heteroatoms. The lowest BCUT2D eigenvalue weighted by atomic mass is 10.1. The van der Waals surface area contributed by atoms with Crippen molar-refractivity contribution in [2.45, 2.75) is 6.42 Å². The number of hydrogen-bond donors (Lipinski definition) is 1. The normalized spacial score (nSPS) is 10.9. The summed E-state index contributed by atoms with van der Waals surface area (Å²) >= 11 is 0. The van der Waals surface area contributed by atoms with Crippen LogP contribution in [0.3, 0.4) is 0 Å². The summed E-state index contributed by atoms with van der Waals surface area (Å²) in [6.07, 6.45) is 4.75. The first-order valence-electron chi connectivity index (χ1n) is 7.97. The Kier molecular flexibility index (Phi) is 7.07. The van der Waals surface area contributed by atoms with Gasteiger partial charge in [-0.05, 0) is 29.3 Å². The zero-order chi connectivity index (χ0) is 19.6. The summed E-state index contributed by atoms with van der Waals surface area (Å²) in [5.41, 5.74) is 3.84. The lowest BCUT2D eigenvalue weighted by molar-refractivity contribution is -0.384. The average Bonchev–Trinajstić information content (AvgIpc) is 2.67. The second kappa shape index (κ2) is 9.71. The molecule has 0 spiro atoms. The number of nitro groups is 1. The van der Waals surface area contributed by atoms with E-state index in [0.717, 1.165) is 5.56 Å². The van der Waals surface area contributed by atoms with Gasteiger partial charge >= 0.3 is 0 Å². The predicted molar refractivity (Wildman–Crippen MR) is 102 cm³/mol. The van der Waals surface area contributed by atoms with Crippen LogP contribution in [0.1, 0.15) is 11.1 Å². The Labute approximate surface area is 156 Å². The fourth-order valence-corrected chi connectivity index (χ4v) is 2.26. The molecule has 0 aliphatic carbocycles. The summed E-state index contributed by atoms with van der Waals surface area (Å²) in [4.78, 5) is 22.2. The number of rotatable bonds is 8. The van der Waals surface area contributed by atoms with Crippen LogP contribution in [0.2, 0.25) is 0 Å². The van der Waals surface area contributed by atoms with Gasteiger partial charge in [0.25, 0.3) is 5.69 Å². The average molecular weight is 369 g/mol. The summed E-state index contributed by atoms with van der Waals surface area (Å²) in [5.74, 6) is 0.847. The maximum Gasteiger partial charge on any atom is 0.270 e. The first-order valence-corrected chi connectivity index (χ1v) is 7.97. The van der Waals surface area contributed by atoms with Crippen LogP contribution in [-0.2, 0) is 11.2 Å². The van der Waals surface area contributed by atoms with Gasteiger partial charge in [-0.25, -0.2) is 5.43 Å². The molecular formula is C19H19N3O5. The van der Waals surface area contributed by atoms with E-state index in [4.69, 9.17) is 9.47 Å². The van der Waals surface area contributed by atoms with Crippen LogP contribution in [-0.4, -0.2) is 31.3 Å². The van der Waals surface area contributed by atoms with Gasteiger partial charge in [0, 0.05) is 18.3 Å². The molecule has 1 N–H and O–H groups in total. The molecular weight excluding hydrogens is 350 g/mol. The van der Waals surface area contributed by atoms with Crippen molar-refractivity contribution in [1.29, 1.82) is 0 Å². The van der Waals surface area contributed by atoms with Gasteiger partial charge in [0.1, 0.15) is 0 Å². The van der Waals surface area contributed by atoms with Gasteiger partial charge in [0.05, 0.1) is 25.6 Å². The molecule has 1 amide bonds. The Morgan fingerprint density at radius 3 is 2.67 bits per heavy atom. The van der Waals surface area contributed by atoms with E-state index in [9.17, 15) is 14.9 Å². The third-order valence-electron chi connectivity index (χ3n) is 3.53. The third kappa shape index (κ3) is 5.96. The molecule has 140 valence electrons. The summed E-state index contributed by atoms with van der Waals surface area (Å²) in [6, 6.07) is 11.4. The highest BCUT2D eigenvalue weighted by Crippen LogP contribution is 2.27. The number of nitrogens with one attached hydrogen (secondary N) is 1. The summed E-state index contributed by atoms with van der Waals surface area (Å²) in [5, 5.41) is 14.5. The Bertz CT molecular complexity index is 877. The summed E-state index contributed by atoms with van der Waals surface area (Å²) < 4.78 is 10.4. The van der Waals surface area contributed by atoms with E-state index >= 15 is 0 Å². The van der Waals surface area contributed by atoms with E-state index in [2.05, 4.69) is 10.5 Å². The van der Waals surface area contributed by atoms with Gasteiger partial charge < -0.3 is 9.47 Å². The SMILES string of the molecule is COc1ccc(CC(=O)N/N=C\C=C\c2cccc([N+](=O)[O-])c2)cc1OC. The number of ether oxygens (including phenoxy) is 2. The number of non-ortho nitro benzene ring substituents is 1. The zero-order valence-corrected chi connectivity index (χ0v) is 14.9. The monoisotopic (exact) mass is 369 g/mol. The van der Waals surface area contributed by atoms with E-state index in [1.54, 1.807) is 49.6 Å². The molecule has 0 unspecified atom stereocenters. The maximum atomic E-state index is 11.9. The Hall–Kier alpha value is -3.68. The minimum Gasteiger partial charge on any atom is -0.493 e. The van der Waals surface area contributed by atoms with Crippen molar-refractivity contribution in [3.05, 3.63) is 69.8 Å². The van der Waals surface area contributed by atoms with E-state index < -0.39 is 4.92 Å². The lowest BCUT2D eigenvalue weighted by Gasteiger charge is -2.08. The molecule has 0 radical (unpaired) electrons. The molecule has 0 aliphatic rings. The number of amides is 1. The zero-order valence-electron chi connectivity index (χ0n) is 14.9. The molecule has 8 nitrogen and oxygen atoms in total. The third-order valence-corrected chi connectivity index (χ3v) is 3.53. The van der Waals surface area contributed by atoms with Crippen molar-refractivity contribution in [1.82, 2.24) is 5.43 Å². The smallest absolute Gasteiger partial charge is 0.270 e. The number of methoxy groups -OCH3 is 2. The van der Waals surface area contributed by atoms with Gasteiger partial charge in [-0.2, -0.15) is 5.10 Å². The molecule has 0 heterocycles.